The van der Waals surface area contributed by atoms with Gasteiger partial charge < -0.3 is 0 Å². The molecule has 14 rings (SSSR count). The average molecular weight is 1870 g/mol. The van der Waals surface area contributed by atoms with E-state index in [-0.39, 0.29) is 12.8 Å². The van der Waals surface area contributed by atoms with Crippen LogP contribution in [0.25, 0.3) is 77.9 Å². The SMILES string of the molecule is Cc1ccc(-c2ccc(C)c(C(C)C)c2)cc1.Cc1ccc(-c2ccc(CC(C)(C)C(F)(F)F)cc2)cc1C.Cc1ccc(-c2ccc(CC(C)(C)C(F)(F)F)cc2)cc1C(C)C.Cc1ccc(-c2ccc(CC(C)(C)C)cc2)cc1C.Cc1ccc(-c2ccc(CC(C)(C)C)cc2)cc1C(C)C.Cc1ccc(-c2ccc(CC(C)C)cc2)cc1C(C)C.Cc1ccc(-c2ccccc2)cc1C(C)C. The van der Waals surface area contributed by atoms with Crippen LogP contribution >= 0.6 is 0 Å². The van der Waals surface area contributed by atoms with E-state index in [9.17, 15) is 26.3 Å². The second-order valence-corrected chi connectivity index (χ2v) is 44.6. The zero-order valence-electron chi connectivity index (χ0n) is 90.1. The van der Waals surface area contributed by atoms with Gasteiger partial charge in [-0.1, -0.05) is 461 Å². The van der Waals surface area contributed by atoms with Crippen LogP contribution in [0.2, 0.25) is 0 Å². The molecule has 0 unspecified atom stereocenters. The first-order valence-electron chi connectivity index (χ1n) is 50.4. The number of rotatable bonds is 20. The summed E-state index contributed by atoms with van der Waals surface area (Å²) in [5.74, 6) is 3.48. The highest BCUT2D eigenvalue weighted by Gasteiger charge is 2.48. The molecule has 0 amide bonds. The molecule has 0 saturated heterocycles. The maximum atomic E-state index is 13.0. The van der Waals surface area contributed by atoms with Crippen LogP contribution in [0.4, 0.5) is 26.3 Å². The molecule has 139 heavy (non-hydrogen) atoms. The molecule has 6 heteroatoms. The fourth-order valence-corrected chi connectivity index (χ4v) is 17.4. The molecule has 14 aromatic rings. The Morgan fingerprint density at radius 2 is 0.374 bits per heavy atom. The fraction of sp³-hybridized carbons (Fsp3) is 0.368. The van der Waals surface area contributed by atoms with E-state index in [1.165, 1.54) is 183 Å². The van der Waals surface area contributed by atoms with Crippen LogP contribution in [0.5, 0.6) is 0 Å². The van der Waals surface area contributed by atoms with Crippen LogP contribution < -0.4 is 0 Å². The van der Waals surface area contributed by atoms with E-state index in [0.717, 1.165) is 41.5 Å². The Morgan fingerprint density at radius 1 is 0.187 bits per heavy atom. The summed E-state index contributed by atoms with van der Waals surface area (Å²) in [6, 6.07) is 108. The zero-order chi connectivity index (χ0) is 103. The third-order valence-corrected chi connectivity index (χ3v) is 26.4. The smallest absolute Gasteiger partial charge is 0.171 e. The van der Waals surface area contributed by atoms with Crippen LogP contribution in [0.15, 0.2) is 303 Å². The van der Waals surface area contributed by atoms with E-state index >= 15 is 0 Å². The van der Waals surface area contributed by atoms with Crippen molar-refractivity contribution >= 4 is 0 Å². The van der Waals surface area contributed by atoms with Gasteiger partial charge in [0, 0.05) is 0 Å². The van der Waals surface area contributed by atoms with Gasteiger partial charge in [-0.15, -0.1) is 0 Å². The maximum absolute atomic E-state index is 13.0. The highest BCUT2D eigenvalue weighted by Crippen LogP contribution is 2.43. The average Bonchev–Trinajstić information content (AvgIpc) is 0.810. The van der Waals surface area contributed by atoms with E-state index in [0.29, 0.717) is 57.5 Å². The molecule has 0 fully saturated rings. The van der Waals surface area contributed by atoms with Crippen molar-refractivity contribution in [2.24, 2.45) is 27.6 Å². The van der Waals surface area contributed by atoms with E-state index in [1.807, 2.05) is 30.3 Å². The Hall–Kier alpha value is -11.3. The van der Waals surface area contributed by atoms with E-state index < -0.39 is 23.2 Å². The Labute approximate surface area is 836 Å². The Kier molecular flexibility index (Phi) is 40.8. The van der Waals surface area contributed by atoms with Gasteiger partial charge in [0.1, 0.15) is 0 Å². The number of benzene rings is 14. The Bertz CT molecular complexity index is 6170. The largest absolute Gasteiger partial charge is 0.394 e. The number of hydrogen-bond acceptors (Lipinski definition) is 0. The van der Waals surface area contributed by atoms with Gasteiger partial charge in [0.25, 0.3) is 0 Å². The third-order valence-electron chi connectivity index (χ3n) is 26.4. The molecule has 736 valence electrons. The summed E-state index contributed by atoms with van der Waals surface area (Å²) in [4.78, 5) is 0. The second-order valence-electron chi connectivity index (χ2n) is 44.6. The molecule has 0 N–H and O–H groups in total. The normalized spacial score (nSPS) is 11.8. The first-order chi connectivity index (χ1) is 64.9. The number of halogens is 6. The Morgan fingerprint density at radius 3 is 0.576 bits per heavy atom. The predicted molar refractivity (Wildman–Crippen MR) is 593 cm³/mol. The van der Waals surface area contributed by atoms with Crippen molar-refractivity contribution in [3.63, 3.8) is 0 Å². The topological polar surface area (TPSA) is 0 Å². The lowest BCUT2D eigenvalue weighted by atomic mass is 9.84. The molecule has 0 saturated carbocycles. The van der Waals surface area contributed by atoms with Crippen LogP contribution in [0.1, 0.15) is 293 Å². The highest BCUT2D eigenvalue weighted by atomic mass is 19.4. The van der Waals surface area contributed by atoms with E-state index in [2.05, 4.69) is 443 Å². The second kappa shape index (κ2) is 50.2. The first-order valence-corrected chi connectivity index (χ1v) is 50.4. The molecule has 0 aliphatic carbocycles. The van der Waals surface area contributed by atoms with Crippen molar-refractivity contribution in [2.75, 3.05) is 0 Å². The van der Waals surface area contributed by atoms with Gasteiger partial charge >= 0.3 is 12.4 Å². The molecule has 0 heterocycles. The molecular formula is C133H162F6. The minimum Gasteiger partial charge on any atom is -0.171 e. The summed E-state index contributed by atoms with van der Waals surface area (Å²) < 4.78 is 77.9. The summed E-state index contributed by atoms with van der Waals surface area (Å²) in [5, 5.41) is 0. The van der Waals surface area contributed by atoms with Crippen molar-refractivity contribution in [1.29, 1.82) is 0 Å². The molecule has 0 bridgehead atoms. The van der Waals surface area contributed by atoms with E-state index in [1.54, 1.807) is 24.3 Å². The number of hydrogen-bond donors (Lipinski definition) is 0. The summed E-state index contributed by atoms with van der Waals surface area (Å²) >= 11 is 0. The summed E-state index contributed by atoms with van der Waals surface area (Å²) in [6.07, 6.45) is -5.01. The lowest BCUT2D eigenvalue weighted by Gasteiger charge is -2.27. The lowest BCUT2D eigenvalue weighted by molar-refractivity contribution is -0.211. The quantitative estimate of drug-likeness (QED) is 0.0667. The Balaban J connectivity index is 0.000000199. The molecule has 0 aromatic heterocycles. The molecule has 0 nitrogen and oxygen atoms in total. The monoisotopic (exact) mass is 1870 g/mol. The molecular weight excluding hydrogens is 1710 g/mol. The van der Waals surface area contributed by atoms with Gasteiger partial charge in [0.2, 0.25) is 0 Å². The number of aryl methyl sites for hydroxylation is 10. The number of alkyl halides is 6. The van der Waals surface area contributed by atoms with Crippen LogP contribution in [0, 0.1) is 96.8 Å². The zero-order valence-corrected chi connectivity index (χ0v) is 90.1. The first kappa shape index (κ1) is 113. The van der Waals surface area contributed by atoms with Gasteiger partial charge in [0.15, 0.2) is 0 Å². The summed E-state index contributed by atoms with van der Waals surface area (Å²) in [5.41, 5.74) is 40.7. The van der Waals surface area contributed by atoms with E-state index in [4.69, 9.17) is 0 Å². The lowest BCUT2D eigenvalue weighted by Crippen LogP contribution is -2.34. The molecule has 0 aliphatic heterocycles. The summed E-state index contributed by atoms with van der Waals surface area (Å²) in [6.45, 7) is 67.0. The van der Waals surface area contributed by atoms with Crippen LogP contribution in [0.3, 0.4) is 0 Å². The van der Waals surface area contributed by atoms with Crippen molar-refractivity contribution in [3.05, 3.63) is 415 Å². The van der Waals surface area contributed by atoms with Gasteiger partial charge in [-0.25, -0.2) is 0 Å². The minimum absolute atomic E-state index is 0.0102. The minimum atomic E-state index is -4.20. The van der Waals surface area contributed by atoms with Crippen molar-refractivity contribution < 1.29 is 26.3 Å². The maximum Gasteiger partial charge on any atom is 0.394 e. The van der Waals surface area contributed by atoms with Gasteiger partial charge in [-0.2, -0.15) is 26.3 Å². The summed E-state index contributed by atoms with van der Waals surface area (Å²) in [7, 11) is 0. The van der Waals surface area contributed by atoms with Crippen molar-refractivity contribution in [1.82, 2.24) is 0 Å². The fourth-order valence-electron chi connectivity index (χ4n) is 17.4. The molecule has 0 radical (unpaired) electrons. The molecule has 0 aliphatic rings. The molecule has 0 spiro atoms. The van der Waals surface area contributed by atoms with Gasteiger partial charge in [-0.3, -0.25) is 0 Å². The highest BCUT2D eigenvalue weighted by molar-refractivity contribution is 5.71. The third kappa shape index (κ3) is 34.8. The standard InChI is InChI=1S/C21H25F3.C21H28.C20H26.C19H21F3.C19H24.C17H20.C16H18/c1-14(2)19-12-18(9-6-15(19)3)17-10-7-16(8-11-17)13-20(4,5)21(22,23)24;1-15(2)20-13-19(10-7-16(20)3)18-11-8-17(9-12-18)14-21(4,5)6;1-14(2)12-17-7-10-18(11-8-17)19-9-6-16(5)20(13-19)15(3)4;1-13-5-8-17(11-14(13)2)16-9-6-15(7-10-16)12-18(3,4)19(20,21)22;1-14-6-9-18(12-15(14)2)17-10-7-16(8-11-17)13-19(3,4)5;1-12(2)17-11-16(10-7-14(17)4)15-8-5-13(3)6-9-15;1-12(2)16-11-15(10-9-13(16)3)14-7-5-4-6-8-14/h6-12,14H,13H2,1-5H3;7-13,15H,14H2,1-6H3;6-11,13-15H,12H2,1-5H3;5-11H,12H2,1-4H3;6-12H,13H2,1-5H3;5-12H,1-4H3;4-12H,1-3H3. The van der Waals surface area contributed by atoms with Gasteiger partial charge in [-0.05, 0) is 331 Å². The van der Waals surface area contributed by atoms with Gasteiger partial charge in [0.05, 0.1) is 10.8 Å². The van der Waals surface area contributed by atoms with Crippen molar-refractivity contribution in [3.8, 4) is 77.9 Å². The van der Waals surface area contributed by atoms with Crippen LogP contribution in [-0.2, 0) is 32.1 Å². The molecule has 0 atom stereocenters. The molecule has 14 aromatic carbocycles. The van der Waals surface area contributed by atoms with Crippen molar-refractivity contribution in [2.45, 2.75) is 296 Å². The van der Waals surface area contributed by atoms with Crippen LogP contribution in [-0.4, -0.2) is 12.4 Å². The predicted octanol–water partition coefficient (Wildman–Crippen LogP) is 40.8.